The minimum atomic E-state index is -0.483. The zero-order valence-corrected chi connectivity index (χ0v) is 12.0. The summed E-state index contributed by atoms with van der Waals surface area (Å²) in [4.78, 5) is 0. The molecule has 0 saturated carbocycles. The minimum Gasteiger partial charge on any atom is -0.320 e. The molecule has 0 amide bonds. The molecule has 4 heteroatoms. The van der Waals surface area contributed by atoms with E-state index in [1.54, 1.807) is 18.2 Å². The molecule has 0 aliphatic carbocycles. The zero-order chi connectivity index (χ0) is 12.4. The predicted molar refractivity (Wildman–Crippen MR) is 74.3 cm³/mol. The van der Waals surface area contributed by atoms with Crippen molar-refractivity contribution < 1.29 is 4.39 Å². The fraction of sp³-hybridized carbons (Fsp3) is 0.0769. The molecule has 1 nitrogen and oxygen atoms in total. The Morgan fingerprint density at radius 3 is 2.18 bits per heavy atom. The van der Waals surface area contributed by atoms with Gasteiger partial charge in [-0.25, -0.2) is 4.39 Å². The molecule has 0 fully saturated rings. The van der Waals surface area contributed by atoms with E-state index in [0.717, 1.165) is 10.0 Å². The Kier molecular flexibility index (Phi) is 3.97. The molecule has 0 aliphatic rings. The van der Waals surface area contributed by atoms with Crippen LogP contribution in [0.25, 0.3) is 0 Å². The van der Waals surface area contributed by atoms with Crippen LogP contribution in [-0.2, 0) is 0 Å². The first kappa shape index (κ1) is 12.7. The van der Waals surface area contributed by atoms with Crippen LogP contribution >= 0.6 is 31.9 Å². The highest BCUT2D eigenvalue weighted by Gasteiger charge is 2.16. The second kappa shape index (κ2) is 5.29. The van der Waals surface area contributed by atoms with Gasteiger partial charge < -0.3 is 5.73 Å². The second-order valence-corrected chi connectivity index (χ2v) is 5.35. The molecule has 0 bridgehead atoms. The van der Waals surface area contributed by atoms with Crippen LogP contribution in [0.4, 0.5) is 4.39 Å². The lowest BCUT2D eigenvalue weighted by atomic mass is 9.99. The molecule has 1 atom stereocenters. The van der Waals surface area contributed by atoms with Crippen LogP contribution < -0.4 is 5.73 Å². The van der Waals surface area contributed by atoms with Crippen LogP contribution in [0.5, 0.6) is 0 Å². The van der Waals surface area contributed by atoms with E-state index in [1.807, 2.05) is 24.3 Å². The average Bonchev–Trinajstić information content (AvgIpc) is 2.32. The summed E-state index contributed by atoms with van der Waals surface area (Å²) in [7, 11) is 0. The van der Waals surface area contributed by atoms with Gasteiger partial charge in [-0.05, 0) is 33.6 Å². The van der Waals surface area contributed by atoms with E-state index in [0.29, 0.717) is 10.0 Å². The van der Waals surface area contributed by atoms with E-state index < -0.39 is 6.04 Å². The second-order valence-electron chi connectivity index (χ2n) is 3.64. The van der Waals surface area contributed by atoms with Crippen molar-refractivity contribution in [1.82, 2.24) is 0 Å². The van der Waals surface area contributed by atoms with Crippen molar-refractivity contribution in [1.29, 1.82) is 0 Å². The molecule has 2 rings (SSSR count). The Hall–Kier alpha value is -0.710. The maximum atomic E-state index is 13.9. The van der Waals surface area contributed by atoms with Gasteiger partial charge in [0.2, 0.25) is 0 Å². The molecule has 0 aliphatic heterocycles. The molecule has 0 radical (unpaired) electrons. The van der Waals surface area contributed by atoms with Crippen molar-refractivity contribution in [2.45, 2.75) is 6.04 Å². The summed E-state index contributed by atoms with van der Waals surface area (Å²) in [6.07, 6.45) is 0. The van der Waals surface area contributed by atoms with Gasteiger partial charge in [0.15, 0.2) is 0 Å². The highest BCUT2D eigenvalue weighted by molar-refractivity contribution is 9.10. The smallest absolute Gasteiger partial charge is 0.142 e. The predicted octanol–water partition coefficient (Wildman–Crippen LogP) is 4.40. The van der Waals surface area contributed by atoms with Crippen LogP contribution in [0.3, 0.4) is 0 Å². The topological polar surface area (TPSA) is 26.0 Å². The van der Waals surface area contributed by atoms with Gasteiger partial charge in [-0.1, -0.05) is 46.3 Å². The number of nitrogens with two attached hydrogens (primary N) is 1. The van der Waals surface area contributed by atoms with Crippen LogP contribution in [0, 0.1) is 5.82 Å². The van der Waals surface area contributed by atoms with Crippen molar-refractivity contribution in [3.8, 4) is 0 Å². The van der Waals surface area contributed by atoms with E-state index in [4.69, 9.17) is 5.73 Å². The summed E-state index contributed by atoms with van der Waals surface area (Å²) in [6, 6.07) is 12.2. The van der Waals surface area contributed by atoms with Gasteiger partial charge >= 0.3 is 0 Å². The summed E-state index contributed by atoms with van der Waals surface area (Å²) >= 11 is 6.59. The summed E-state index contributed by atoms with van der Waals surface area (Å²) in [5.74, 6) is -0.309. The van der Waals surface area contributed by atoms with Crippen molar-refractivity contribution in [2.24, 2.45) is 5.73 Å². The third-order valence-electron chi connectivity index (χ3n) is 2.56. The van der Waals surface area contributed by atoms with Crippen LogP contribution in [0.1, 0.15) is 17.2 Å². The molecule has 2 N–H and O–H groups in total. The van der Waals surface area contributed by atoms with Crippen LogP contribution in [-0.4, -0.2) is 0 Å². The Balaban J connectivity index is 2.48. The largest absolute Gasteiger partial charge is 0.320 e. The molecule has 0 saturated heterocycles. The molecular weight excluding hydrogens is 349 g/mol. The van der Waals surface area contributed by atoms with Crippen molar-refractivity contribution in [3.05, 3.63) is 68.4 Å². The third-order valence-corrected chi connectivity index (χ3v) is 3.89. The van der Waals surface area contributed by atoms with Crippen molar-refractivity contribution in [2.75, 3.05) is 0 Å². The zero-order valence-electron chi connectivity index (χ0n) is 8.83. The molecule has 1 unspecified atom stereocenters. The molecule has 0 aromatic heterocycles. The van der Waals surface area contributed by atoms with E-state index >= 15 is 0 Å². The maximum absolute atomic E-state index is 13.9. The quantitative estimate of drug-likeness (QED) is 0.845. The van der Waals surface area contributed by atoms with E-state index in [1.165, 1.54) is 0 Å². The SMILES string of the molecule is NC(c1ccccc1Br)c1cccc(Br)c1F. The Morgan fingerprint density at radius 2 is 1.47 bits per heavy atom. The lowest BCUT2D eigenvalue weighted by Crippen LogP contribution is -2.14. The van der Waals surface area contributed by atoms with Crippen molar-refractivity contribution in [3.63, 3.8) is 0 Å². The average molecular weight is 359 g/mol. The summed E-state index contributed by atoms with van der Waals surface area (Å²) in [6.45, 7) is 0. The lowest BCUT2D eigenvalue weighted by molar-refractivity contribution is 0.593. The van der Waals surface area contributed by atoms with Gasteiger partial charge in [-0.2, -0.15) is 0 Å². The maximum Gasteiger partial charge on any atom is 0.142 e. The van der Waals surface area contributed by atoms with E-state index in [9.17, 15) is 4.39 Å². The molecule has 2 aromatic carbocycles. The van der Waals surface area contributed by atoms with Gasteiger partial charge in [0.05, 0.1) is 10.5 Å². The van der Waals surface area contributed by atoms with E-state index in [-0.39, 0.29) is 5.82 Å². The van der Waals surface area contributed by atoms with Crippen molar-refractivity contribution >= 4 is 31.9 Å². The normalized spacial score (nSPS) is 12.5. The fourth-order valence-corrected chi connectivity index (χ4v) is 2.57. The lowest BCUT2D eigenvalue weighted by Gasteiger charge is -2.15. The first-order valence-corrected chi connectivity index (χ1v) is 6.63. The van der Waals surface area contributed by atoms with Gasteiger partial charge in [-0.15, -0.1) is 0 Å². The summed E-state index contributed by atoms with van der Waals surface area (Å²) < 4.78 is 15.2. The molecule has 0 heterocycles. The number of hydrogen-bond acceptors (Lipinski definition) is 1. The van der Waals surface area contributed by atoms with Gasteiger partial charge in [0, 0.05) is 10.0 Å². The first-order chi connectivity index (χ1) is 8.11. The monoisotopic (exact) mass is 357 g/mol. The summed E-state index contributed by atoms with van der Waals surface area (Å²) in [5.41, 5.74) is 7.44. The Morgan fingerprint density at radius 1 is 0.882 bits per heavy atom. The highest BCUT2D eigenvalue weighted by Crippen LogP contribution is 2.30. The van der Waals surface area contributed by atoms with Crippen LogP contribution in [0.15, 0.2) is 51.4 Å². The highest BCUT2D eigenvalue weighted by atomic mass is 79.9. The number of benzene rings is 2. The van der Waals surface area contributed by atoms with E-state index in [2.05, 4.69) is 31.9 Å². The third kappa shape index (κ3) is 2.59. The Bertz CT molecular complexity index is 543. The minimum absolute atomic E-state index is 0.309. The van der Waals surface area contributed by atoms with Gasteiger partial charge in [0.1, 0.15) is 5.82 Å². The molecule has 0 spiro atoms. The molecule has 17 heavy (non-hydrogen) atoms. The van der Waals surface area contributed by atoms with Gasteiger partial charge in [-0.3, -0.25) is 0 Å². The number of hydrogen-bond donors (Lipinski definition) is 1. The van der Waals surface area contributed by atoms with Crippen LogP contribution in [0.2, 0.25) is 0 Å². The number of halogens is 3. The number of rotatable bonds is 2. The standard InChI is InChI=1S/C13H10Br2FN/c14-10-6-2-1-4-8(10)13(17)9-5-3-7-11(15)12(9)16/h1-7,13H,17H2. The summed E-state index contributed by atoms with van der Waals surface area (Å²) in [5, 5.41) is 0. The fourth-order valence-electron chi connectivity index (χ4n) is 1.66. The molecule has 2 aromatic rings. The molecular formula is C13H10Br2FN. The first-order valence-electron chi connectivity index (χ1n) is 5.05. The Labute approximate surface area is 116 Å². The van der Waals surface area contributed by atoms with Gasteiger partial charge in [0.25, 0.3) is 0 Å². The molecule has 88 valence electrons.